The van der Waals surface area contributed by atoms with Crippen molar-refractivity contribution >= 4 is 5.69 Å². The molecule has 3 heteroatoms. The van der Waals surface area contributed by atoms with E-state index in [1.165, 1.54) is 75.5 Å². The van der Waals surface area contributed by atoms with E-state index >= 15 is 0 Å². The molecule has 0 bridgehead atoms. The van der Waals surface area contributed by atoms with Crippen molar-refractivity contribution in [2.45, 2.75) is 115 Å². The van der Waals surface area contributed by atoms with E-state index in [9.17, 15) is 0 Å². The predicted molar refractivity (Wildman–Crippen MR) is 139 cm³/mol. The lowest BCUT2D eigenvalue weighted by molar-refractivity contribution is 0.192. The molecular weight excluding hydrogens is 390 g/mol. The lowest BCUT2D eigenvalue weighted by atomic mass is 9.85. The topological polar surface area (TPSA) is 9.72 Å². The summed E-state index contributed by atoms with van der Waals surface area (Å²) in [6.07, 6.45) is 14.5. The number of anilines is 1. The molecule has 7 unspecified atom stereocenters. The Kier molecular flexibility index (Phi) is 7.88. The summed E-state index contributed by atoms with van der Waals surface area (Å²) in [6.45, 7) is 7.00. The molecule has 0 amide bonds. The van der Waals surface area contributed by atoms with Crippen LogP contribution in [0.3, 0.4) is 0 Å². The van der Waals surface area contributed by atoms with Crippen molar-refractivity contribution < 1.29 is 0 Å². The van der Waals surface area contributed by atoms with E-state index in [1.54, 1.807) is 0 Å². The first kappa shape index (κ1) is 24.1. The molecule has 3 heterocycles. The van der Waals surface area contributed by atoms with Gasteiger partial charge in [0.25, 0.3) is 0 Å². The Morgan fingerprint density at radius 2 is 1.19 bits per heavy atom. The molecule has 0 radical (unpaired) electrons. The number of nitrogens with zero attached hydrogens (tertiary/aromatic N) is 3. The third-order valence-corrected chi connectivity index (χ3v) is 9.76. The summed E-state index contributed by atoms with van der Waals surface area (Å²) in [5.41, 5.74) is 2.89. The molecule has 6 rings (SSSR count). The molecule has 7 atom stereocenters. The summed E-state index contributed by atoms with van der Waals surface area (Å²) in [6, 6.07) is 12.9. The summed E-state index contributed by atoms with van der Waals surface area (Å²) in [4.78, 5) is 7.52. The minimum absolute atomic E-state index is 0.674. The first-order valence-electron chi connectivity index (χ1n) is 13.6. The van der Waals surface area contributed by atoms with Crippen LogP contribution in [0.5, 0.6) is 0 Å². The Hall–Kier alpha value is -1.06. The predicted octanol–water partition coefficient (Wildman–Crippen LogP) is 6.22. The van der Waals surface area contributed by atoms with Crippen LogP contribution in [0.2, 0.25) is 0 Å². The fourth-order valence-electron chi connectivity index (χ4n) is 7.41. The lowest BCUT2D eigenvalue weighted by Crippen LogP contribution is -2.34. The van der Waals surface area contributed by atoms with Crippen molar-refractivity contribution in [3.8, 4) is 0 Å². The van der Waals surface area contributed by atoms with Crippen LogP contribution in [-0.2, 0) is 6.42 Å². The van der Waals surface area contributed by atoms with Crippen LogP contribution in [0.1, 0.15) is 84.1 Å². The van der Waals surface area contributed by atoms with E-state index in [0.29, 0.717) is 6.04 Å². The fraction of sp³-hybridized carbons (Fsp3) is 0.793. The highest BCUT2D eigenvalue weighted by Crippen LogP contribution is 2.40. The minimum atomic E-state index is 0.674. The van der Waals surface area contributed by atoms with Gasteiger partial charge < -0.3 is 14.7 Å². The van der Waals surface area contributed by atoms with E-state index in [0.717, 1.165) is 36.0 Å². The second-order valence-corrected chi connectivity index (χ2v) is 11.7. The molecule has 3 aliphatic heterocycles. The van der Waals surface area contributed by atoms with Crippen molar-refractivity contribution in [3.05, 3.63) is 29.8 Å². The van der Waals surface area contributed by atoms with Gasteiger partial charge in [-0.25, -0.2) is 0 Å². The van der Waals surface area contributed by atoms with E-state index < -0.39 is 0 Å². The first-order valence-corrected chi connectivity index (χ1v) is 13.6. The Morgan fingerprint density at radius 1 is 0.656 bits per heavy atom. The maximum atomic E-state index is 2.60. The van der Waals surface area contributed by atoms with Gasteiger partial charge in [-0.3, -0.25) is 0 Å². The number of likely N-dealkylation sites (tertiary alicyclic amines) is 2. The molecular formula is C29H49N3. The second-order valence-electron chi connectivity index (χ2n) is 11.7. The van der Waals surface area contributed by atoms with Gasteiger partial charge in [0.2, 0.25) is 0 Å². The molecule has 2 aliphatic carbocycles. The lowest BCUT2D eigenvalue weighted by Gasteiger charge is -2.30. The molecule has 5 aliphatic rings. The largest absolute Gasteiger partial charge is 0.371 e. The van der Waals surface area contributed by atoms with Crippen LogP contribution in [0.4, 0.5) is 5.69 Å². The Labute approximate surface area is 198 Å². The monoisotopic (exact) mass is 439 g/mol. The van der Waals surface area contributed by atoms with Gasteiger partial charge in [0.15, 0.2) is 0 Å². The van der Waals surface area contributed by atoms with Gasteiger partial charge in [0.1, 0.15) is 0 Å². The van der Waals surface area contributed by atoms with Crippen molar-refractivity contribution in [2.75, 3.05) is 26.0 Å². The van der Waals surface area contributed by atoms with E-state index in [2.05, 4.69) is 80.9 Å². The zero-order valence-corrected chi connectivity index (χ0v) is 21.8. The Balaban J connectivity index is 0.000000115. The Bertz CT molecular complexity index is 731. The number of benzene rings is 1. The van der Waals surface area contributed by atoms with Gasteiger partial charge in [-0.1, -0.05) is 37.5 Å². The third kappa shape index (κ3) is 5.04. The number of para-hydroxylation sites is 1. The highest BCUT2D eigenvalue weighted by atomic mass is 15.2. The Morgan fingerprint density at radius 3 is 1.78 bits per heavy atom. The molecule has 1 aromatic carbocycles. The van der Waals surface area contributed by atoms with Crippen molar-refractivity contribution in [1.29, 1.82) is 0 Å². The SMILES string of the molecule is CC1CC2CCCC2N1C.CC1CC2CCCCC2N1C.CC1Cc2ccccc2N1C. The van der Waals surface area contributed by atoms with Crippen LogP contribution in [0, 0.1) is 11.8 Å². The summed E-state index contributed by atoms with van der Waals surface area (Å²) in [5.74, 6) is 2.10. The fourth-order valence-corrected chi connectivity index (χ4v) is 7.41. The van der Waals surface area contributed by atoms with Gasteiger partial charge in [-0.2, -0.15) is 0 Å². The molecule has 32 heavy (non-hydrogen) atoms. The molecule has 1 aromatic rings. The summed E-state index contributed by atoms with van der Waals surface area (Å²) in [5, 5.41) is 0. The molecule has 4 fully saturated rings. The average Bonchev–Trinajstić information content (AvgIpc) is 3.51. The highest BCUT2D eigenvalue weighted by Gasteiger charge is 2.39. The average molecular weight is 440 g/mol. The number of likely N-dealkylation sites (N-methyl/N-ethyl adjacent to an activating group) is 1. The number of rotatable bonds is 0. The minimum Gasteiger partial charge on any atom is -0.371 e. The summed E-state index contributed by atoms with van der Waals surface area (Å²) in [7, 11) is 6.76. The van der Waals surface area contributed by atoms with Crippen LogP contribution in [0.25, 0.3) is 0 Å². The number of fused-ring (bicyclic) bond motifs is 3. The van der Waals surface area contributed by atoms with Crippen molar-refractivity contribution in [2.24, 2.45) is 11.8 Å². The normalized spacial score (nSPS) is 38.3. The standard InChI is InChI=1S/C10H19N.C10H13N.C9H17N/c2*1-8-7-9-5-3-4-6-10(9)11(8)2;1-7-6-8-4-3-5-9(8)10(7)2/h8-10H,3-7H2,1-2H3;3-6,8H,7H2,1-2H3;7-9H,3-6H2,1-2H3. The second kappa shape index (κ2) is 10.5. The number of hydrogen-bond donors (Lipinski definition) is 0. The molecule has 0 N–H and O–H groups in total. The van der Waals surface area contributed by atoms with E-state index in [4.69, 9.17) is 0 Å². The maximum Gasteiger partial charge on any atom is 0.0399 e. The quantitative estimate of drug-likeness (QED) is 0.475. The molecule has 0 aromatic heterocycles. The van der Waals surface area contributed by atoms with Crippen molar-refractivity contribution in [1.82, 2.24) is 9.80 Å². The smallest absolute Gasteiger partial charge is 0.0399 e. The van der Waals surface area contributed by atoms with E-state index in [-0.39, 0.29) is 0 Å². The molecule has 2 saturated carbocycles. The van der Waals surface area contributed by atoms with Gasteiger partial charge >= 0.3 is 0 Å². The van der Waals surface area contributed by atoms with Gasteiger partial charge in [0, 0.05) is 42.9 Å². The zero-order chi connectivity index (χ0) is 22.8. The van der Waals surface area contributed by atoms with E-state index in [1.807, 2.05) is 0 Å². The van der Waals surface area contributed by atoms with Crippen molar-refractivity contribution in [3.63, 3.8) is 0 Å². The van der Waals surface area contributed by atoms with Gasteiger partial charge in [-0.05, 0) is 103 Å². The van der Waals surface area contributed by atoms with Gasteiger partial charge in [0.05, 0.1) is 0 Å². The summed E-state index contributed by atoms with van der Waals surface area (Å²) >= 11 is 0. The highest BCUT2D eigenvalue weighted by molar-refractivity contribution is 5.58. The van der Waals surface area contributed by atoms with Gasteiger partial charge in [-0.15, -0.1) is 0 Å². The zero-order valence-electron chi connectivity index (χ0n) is 21.8. The van der Waals surface area contributed by atoms with Crippen LogP contribution in [-0.4, -0.2) is 61.2 Å². The van der Waals surface area contributed by atoms with Crippen LogP contribution < -0.4 is 4.90 Å². The maximum absolute atomic E-state index is 2.60. The third-order valence-electron chi connectivity index (χ3n) is 9.76. The van der Waals surface area contributed by atoms with Crippen LogP contribution >= 0.6 is 0 Å². The number of hydrogen-bond acceptors (Lipinski definition) is 3. The molecule has 0 spiro atoms. The summed E-state index contributed by atoms with van der Waals surface area (Å²) < 4.78 is 0. The molecule has 3 nitrogen and oxygen atoms in total. The van der Waals surface area contributed by atoms with Crippen LogP contribution in [0.15, 0.2) is 24.3 Å². The molecule has 180 valence electrons. The molecule has 2 saturated heterocycles. The first-order chi connectivity index (χ1) is 15.4.